The maximum atomic E-state index is 11.5. The highest BCUT2D eigenvalue weighted by molar-refractivity contribution is 5.81. The van der Waals surface area contributed by atoms with Crippen molar-refractivity contribution in [2.45, 2.75) is 25.1 Å². The van der Waals surface area contributed by atoms with Gasteiger partial charge in [0.25, 0.3) is 0 Å². The van der Waals surface area contributed by atoms with Crippen molar-refractivity contribution in [3.63, 3.8) is 0 Å². The van der Waals surface area contributed by atoms with Gasteiger partial charge in [0, 0.05) is 0 Å². The van der Waals surface area contributed by atoms with E-state index in [1.165, 1.54) is 0 Å². The van der Waals surface area contributed by atoms with E-state index in [9.17, 15) is 9.59 Å². The largest absolute Gasteiger partial charge is 0.479 e. The van der Waals surface area contributed by atoms with Crippen LogP contribution in [0.1, 0.15) is 12.8 Å². The molecule has 2 N–H and O–H groups in total. The van der Waals surface area contributed by atoms with E-state index in [0.717, 1.165) is 19.4 Å². The average molecular weight is 214 g/mol. The maximum absolute atomic E-state index is 11.5. The third-order valence-electron chi connectivity index (χ3n) is 2.78. The summed E-state index contributed by atoms with van der Waals surface area (Å²) in [6, 6.07) is 0. The highest BCUT2D eigenvalue weighted by atomic mass is 16.5. The molecule has 1 amide bonds. The van der Waals surface area contributed by atoms with Crippen molar-refractivity contribution in [3.05, 3.63) is 0 Å². The van der Waals surface area contributed by atoms with E-state index >= 15 is 0 Å². The number of rotatable bonds is 2. The van der Waals surface area contributed by atoms with Gasteiger partial charge in [-0.15, -0.1) is 0 Å². The fourth-order valence-electron chi connectivity index (χ4n) is 1.97. The van der Waals surface area contributed by atoms with E-state index in [-0.39, 0.29) is 25.2 Å². The van der Waals surface area contributed by atoms with Crippen LogP contribution in [-0.4, -0.2) is 53.8 Å². The van der Waals surface area contributed by atoms with Crippen LogP contribution in [0.5, 0.6) is 0 Å². The number of carbonyl (C=O) groups is 2. The fourth-order valence-corrected chi connectivity index (χ4v) is 1.97. The molecule has 0 aromatic heterocycles. The summed E-state index contributed by atoms with van der Waals surface area (Å²) in [4.78, 5) is 23.8. The van der Waals surface area contributed by atoms with E-state index in [1.54, 1.807) is 4.90 Å². The minimum Gasteiger partial charge on any atom is -0.479 e. The summed E-state index contributed by atoms with van der Waals surface area (Å²) in [6.45, 7) is 0.897. The Morgan fingerprint density at radius 1 is 1.60 bits per heavy atom. The number of nitrogens with one attached hydrogen (secondary N) is 1. The lowest BCUT2D eigenvalue weighted by Gasteiger charge is -2.35. The lowest BCUT2D eigenvalue weighted by molar-refractivity contribution is -0.167. The SMILES string of the molecule is O=C(O)C1CN(C2CCCN2)C(=O)CO1. The number of hydrogen-bond acceptors (Lipinski definition) is 4. The van der Waals surface area contributed by atoms with Gasteiger partial charge in [0.05, 0.1) is 12.7 Å². The van der Waals surface area contributed by atoms with E-state index in [2.05, 4.69) is 5.32 Å². The minimum atomic E-state index is -1.01. The number of carboxylic acid groups (broad SMARTS) is 1. The van der Waals surface area contributed by atoms with Crippen LogP contribution in [0.4, 0.5) is 0 Å². The van der Waals surface area contributed by atoms with Crippen LogP contribution in [0, 0.1) is 0 Å². The predicted molar refractivity (Wildman–Crippen MR) is 50.1 cm³/mol. The van der Waals surface area contributed by atoms with Gasteiger partial charge in [-0.25, -0.2) is 4.79 Å². The number of amides is 1. The summed E-state index contributed by atoms with van der Waals surface area (Å²) >= 11 is 0. The van der Waals surface area contributed by atoms with Gasteiger partial charge in [0.1, 0.15) is 6.61 Å². The smallest absolute Gasteiger partial charge is 0.334 e. The molecule has 6 heteroatoms. The van der Waals surface area contributed by atoms with Crippen LogP contribution in [0.3, 0.4) is 0 Å². The molecular formula is C9H14N2O4. The van der Waals surface area contributed by atoms with Gasteiger partial charge in [-0.1, -0.05) is 0 Å². The molecule has 2 saturated heterocycles. The maximum Gasteiger partial charge on any atom is 0.334 e. The number of hydrogen-bond donors (Lipinski definition) is 2. The minimum absolute atomic E-state index is 0.0109. The summed E-state index contributed by atoms with van der Waals surface area (Å²) in [6.07, 6.45) is 1.01. The second-order valence-corrected chi connectivity index (χ2v) is 3.80. The van der Waals surface area contributed by atoms with Gasteiger partial charge in [-0.2, -0.15) is 0 Å². The topological polar surface area (TPSA) is 78.9 Å². The summed E-state index contributed by atoms with van der Waals surface area (Å²) in [5.74, 6) is -1.14. The Balaban J connectivity index is 2.01. The monoisotopic (exact) mass is 214 g/mol. The molecule has 2 rings (SSSR count). The molecule has 2 unspecified atom stereocenters. The van der Waals surface area contributed by atoms with Crippen LogP contribution in [0.15, 0.2) is 0 Å². The lowest BCUT2D eigenvalue weighted by atomic mass is 10.2. The van der Waals surface area contributed by atoms with Crippen LogP contribution in [0.2, 0.25) is 0 Å². The normalized spacial score (nSPS) is 32.0. The van der Waals surface area contributed by atoms with E-state index in [4.69, 9.17) is 9.84 Å². The second kappa shape index (κ2) is 4.16. The van der Waals surface area contributed by atoms with E-state index in [0.29, 0.717) is 0 Å². The zero-order chi connectivity index (χ0) is 10.8. The van der Waals surface area contributed by atoms with Crippen molar-refractivity contribution < 1.29 is 19.4 Å². The van der Waals surface area contributed by atoms with E-state index < -0.39 is 12.1 Å². The first-order chi connectivity index (χ1) is 7.18. The van der Waals surface area contributed by atoms with Crippen LogP contribution < -0.4 is 5.32 Å². The molecule has 0 aromatic carbocycles. The Hall–Kier alpha value is -1.14. The van der Waals surface area contributed by atoms with Crippen molar-refractivity contribution >= 4 is 11.9 Å². The molecular weight excluding hydrogens is 200 g/mol. The van der Waals surface area contributed by atoms with Crippen molar-refractivity contribution in [3.8, 4) is 0 Å². The number of nitrogens with zero attached hydrogens (tertiary/aromatic N) is 1. The predicted octanol–water partition coefficient (Wildman–Crippen LogP) is -0.992. The molecule has 0 saturated carbocycles. The molecule has 0 spiro atoms. The summed E-state index contributed by atoms with van der Waals surface area (Å²) in [5.41, 5.74) is 0. The Morgan fingerprint density at radius 2 is 2.40 bits per heavy atom. The number of carbonyl (C=O) groups excluding carboxylic acids is 1. The van der Waals surface area contributed by atoms with Gasteiger partial charge in [-0.3, -0.25) is 10.1 Å². The highest BCUT2D eigenvalue weighted by Gasteiger charge is 2.35. The van der Waals surface area contributed by atoms with Crippen LogP contribution >= 0.6 is 0 Å². The number of aliphatic carboxylic acids is 1. The molecule has 0 bridgehead atoms. The van der Waals surface area contributed by atoms with Gasteiger partial charge in [0.15, 0.2) is 6.10 Å². The molecule has 0 radical (unpaired) electrons. The second-order valence-electron chi connectivity index (χ2n) is 3.80. The zero-order valence-corrected chi connectivity index (χ0v) is 8.31. The summed E-state index contributed by atoms with van der Waals surface area (Å²) < 4.78 is 4.92. The Bertz CT molecular complexity index is 275. The molecule has 15 heavy (non-hydrogen) atoms. The Labute approximate surface area is 87.2 Å². The van der Waals surface area contributed by atoms with E-state index in [1.807, 2.05) is 0 Å². The summed E-state index contributed by atoms with van der Waals surface area (Å²) in [5, 5.41) is 12.0. The molecule has 0 aliphatic carbocycles. The summed E-state index contributed by atoms with van der Waals surface area (Å²) in [7, 11) is 0. The van der Waals surface area contributed by atoms with Crippen LogP contribution in [0.25, 0.3) is 0 Å². The fraction of sp³-hybridized carbons (Fsp3) is 0.778. The molecule has 0 aromatic rings. The molecule has 2 aliphatic heterocycles. The lowest BCUT2D eigenvalue weighted by Crippen LogP contribution is -2.56. The van der Waals surface area contributed by atoms with Crippen molar-refractivity contribution in [1.82, 2.24) is 10.2 Å². The first-order valence-corrected chi connectivity index (χ1v) is 5.06. The average Bonchev–Trinajstić information content (AvgIpc) is 2.71. The number of carboxylic acids is 1. The zero-order valence-electron chi connectivity index (χ0n) is 8.31. The molecule has 2 atom stereocenters. The van der Waals surface area contributed by atoms with Crippen molar-refractivity contribution in [1.29, 1.82) is 0 Å². The molecule has 84 valence electrons. The van der Waals surface area contributed by atoms with Crippen LogP contribution in [-0.2, 0) is 14.3 Å². The molecule has 2 heterocycles. The van der Waals surface area contributed by atoms with Gasteiger partial charge >= 0.3 is 5.97 Å². The number of morpholine rings is 1. The Kier molecular flexibility index (Phi) is 2.88. The van der Waals surface area contributed by atoms with Gasteiger partial charge < -0.3 is 14.7 Å². The molecule has 2 aliphatic rings. The van der Waals surface area contributed by atoms with Crippen molar-refractivity contribution in [2.24, 2.45) is 0 Å². The molecule has 2 fully saturated rings. The standard InChI is InChI=1S/C9H14N2O4/c12-8-5-15-6(9(13)14)4-11(8)7-2-1-3-10-7/h6-7,10H,1-5H2,(H,13,14). The first-order valence-electron chi connectivity index (χ1n) is 5.06. The third kappa shape index (κ3) is 2.10. The highest BCUT2D eigenvalue weighted by Crippen LogP contribution is 2.15. The van der Waals surface area contributed by atoms with Gasteiger partial charge in [0.2, 0.25) is 5.91 Å². The van der Waals surface area contributed by atoms with Gasteiger partial charge in [-0.05, 0) is 19.4 Å². The molecule has 6 nitrogen and oxygen atoms in total. The Morgan fingerprint density at radius 3 is 3.00 bits per heavy atom. The van der Waals surface area contributed by atoms with Crippen molar-refractivity contribution in [2.75, 3.05) is 19.7 Å². The quantitative estimate of drug-likeness (QED) is 0.617. The first kappa shape index (κ1) is 10.4. The third-order valence-corrected chi connectivity index (χ3v) is 2.78. The number of ether oxygens (including phenoxy) is 1.